The first-order chi connectivity index (χ1) is 14.6. The molecule has 3 aromatic rings. The lowest BCUT2D eigenvalue weighted by Gasteiger charge is -2.33. The number of likely N-dealkylation sites (N-methyl/N-ethyl adjacent to an activating group) is 1. The summed E-state index contributed by atoms with van der Waals surface area (Å²) >= 11 is 0. The molecule has 0 bridgehead atoms. The van der Waals surface area contributed by atoms with Gasteiger partial charge in [-0.1, -0.05) is 25.1 Å². The highest BCUT2D eigenvalue weighted by molar-refractivity contribution is 5.94. The van der Waals surface area contributed by atoms with Crippen LogP contribution in [0.25, 0.3) is 11.0 Å². The number of imidazole rings is 1. The molecule has 1 saturated heterocycles. The number of aromatic nitrogens is 2. The van der Waals surface area contributed by atoms with Crippen molar-refractivity contribution >= 4 is 22.6 Å². The smallest absolute Gasteiger partial charge is 0.262 e. The lowest BCUT2D eigenvalue weighted by atomic mass is 10.2. The van der Waals surface area contributed by atoms with Crippen molar-refractivity contribution in [3.05, 3.63) is 54.4 Å². The molecule has 1 aliphatic rings. The number of rotatable bonds is 7. The minimum atomic E-state index is -0.192. The normalized spacial score (nSPS) is 15.4. The monoisotopic (exact) mass is 407 g/mol. The average molecular weight is 408 g/mol. The molecule has 1 aromatic heterocycles. The molecular weight excluding hydrogens is 378 g/mol. The maximum absolute atomic E-state index is 12.2. The number of carbonyl (C=O) groups is 1. The van der Waals surface area contributed by atoms with Crippen LogP contribution in [0.5, 0.6) is 5.75 Å². The average Bonchev–Trinajstić information content (AvgIpc) is 3.08. The first kappa shape index (κ1) is 20.4. The molecule has 4 rings (SSSR count). The molecule has 7 nitrogen and oxygen atoms in total. The summed E-state index contributed by atoms with van der Waals surface area (Å²) in [6.07, 6.45) is 0. The molecule has 1 amide bonds. The Labute approximate surface area is 177 Å². The number of anilines is 1. The maximum atomic E-state index is 12.2. The van der Waals surface area contributed by atoms with Gasteiger partial charge in [0.25, 0.3) is 5.91 Å². The van der Waals surface area contributed by atoms with Crippen LogP contribution in [-0.2, 0) is 18.4 Å². The van der Waals surface area contributed by atoms with E-state index in [0.717, 1.165) is 61.8 Å². The quantitative estimate of drug-likeness (QED) is 0.653. The van der Waals surface area contributed by atoms with Crippen LogP contribution in [0.3, 0.4) is 0 Å². The minimum absolute atomic E-state index is 0.0285. The number of piperazine rings is 1. The molecule has 0 spiro atoms. The van der Waals surface area contributed by atoms with E-state index in [4.69, 9.17) is 9.72 Å². The fraction of sp³-hybridized carbons (Fsp3) is 0.391. The van der Waals surface area contributed by atoms with Crippen molar-refractivity contribution in [3.8, 4) is 5.75 Å². The van der Waals surface area contributed by atoms with Gasteiger partial charge in [0.2, 0.25) is 0 Å². The summed E-state index contributed by atoms with van der Waals surface area (Å²) in [7, 11) is 2.05. The van der Waals surface area contributed by atoms with E-state index in [1.165, 1.54) is 0 Å². The lowest BCUT2D eigenvalue weighted by molar-refractivity contribution is -0.118. The maximum Gasteiger partial charge on any atom is 0.262 e. The SMILES string of the molecule is CCN1CCN(Cc2nc3cc(NC(=O)COc4ccccc4)ccc3n2C)CC1. The molecule has 7 heteroatoms. The summed E-state index contributed by atoms with van der Waals surface area (Å²) in [5, 5.41) is 2.90. The molecule has 30 heavy (non-hydrogen) atoms. The molecular formula is C23H29N5O2. The molecule has 0 saturated carbocycles. The number of fused-ring (bicyclic) bond motifs is 1. The van der Waals surface area contributed by atoms with Gasteiger partial charge in [-0.25, -0.2) is 4.98 Å². The van der Waals surface area contributed by atoms with Gasteiger partial charge < -0.3 is 19.5 Å². The zero-order valence-electron chi connectivity index (χ0n) is 17.7. The highest BCUT2D eigenvalue weighted by atomic mass is 16.5. The number of ether oxygens (including phenoxy) is 1. The van der Waals surface area contributed by atoms with Crippen LogP contribution >= 0.6 is 0 Å². The van der Waals surface area contributed by atoms with Gasteiger partial charge in [0.15, 0.2) is 6.61 Å². The van der Waals surface area contributed by atoms with Crippen molar-refractivity contribution < 1.29 is 9.53 Å². The van der Waals surface area contributed by atoms with E-state index in [2.05, 4.69) is 33.7 Å². The van der Waals surface area contributed by atoms with Crippen molar-refractivity contribution in [1.29, 1.82) is 0 Å². The Kier molecular flexibility index (Phi) is 6.30. The number of amides is 1. The summed E-state index contributed by atoms with van der Waals surface area (Å²) in [6, 6.07) is 15.2. The van der Waals surface area contributed by atoms with Gasteiger partial charge >= 0.3 is 0 Å². The molecule has 0 atom stereocenters. The third-order valence-corrected chi connectivity index (χ3v) is 5.65. The van der Waals surface area contributed by atoms with E-state index >= 15 is 0 Å². The van der Waals surface area contributed by atoms with E-state index in [9.17, 15) is 4.79 Å². The Morgan fingerprint density at radius 2 is 1.80 bits per heavy atom. The fourth-order valence-electron chi connectivity index (χ4n) is 3.80. The third kappa shape index (κ3) is 4.80. The molecule has 0 unspecified atom stereocenters. The number of nitrogens with zero attached hydrogens (tertiary/aromatic N) is 4. The number of carbonyl (C=O) groups excluding carboxylic acids is 1. The second kappa shape index (κ2) is 9.28. The standard InChI is InChI=1S/C23H29N5O2/c1-3-27-11-13-28(14-12-27)16-22-25-20-15-18(9-10-21(20)26(22)2)24-23(29)17-30-19-7-5-4-6-8-19/h4-10,15H,3,11-14,16-17H2,1-2H3,(H,24,29). The second-order valence-corrected chi connectivity index (χ2v) is 7.65. The van der Waals surface area contributed by atoms with Crippen LogP contribution in [0.4, 0.5) is 5.69 Å². The van der Waals surface area contributed by atoms with E-state index < -0.39 is 0 Å². The Balaban J connectivity index is 1.38. The van der Waals surface area contributed by atoms with Crippen LogP contribution in [0.15, 0.2) is 48.5 Å². The number of hydrogen-bond acceptors (Lipinski definition) is 5. The van der Waals surface area contributed by atoms with Gasteiger partial charge in [0, 0.05) is 38.9 Å². The molecule has 1 fully saturated rings. The highest BCUT2D eigenvalue weighted by Crippen LogP contribution is 2.21. The first-order valence-corrected chi connectivity index (χ1v) is 10.5. The van der Waals surface area contributed by atoms with Crippen molar-refractivity contribution in [2.45, 2.75) is 13.5 Å². The summed E-state index contributed by atoms with van der Waals surface area (Å²) in [5.74, 6) is 1.53. The molecule has 0 aliphatic carbocycles. The van der Waals surface area contributed by atoms with Gasteiger partial charge in [-0.15, -0.1) is 0 Å². The van der Waals surface area contributed by atoms with Gasteiger partial charge in [-0.3, -0.25) is 9.69 Å². The third-order valence-electron chi connectivity index (χ3n) is 5.65. The van der Waals surface area contributed by atoms with Crippen LogP contribution in [-0.4, -0.2) is 64.6 Å². The van der Waals surface area contributed by atoms with Gasteiger partial charge in [0.1, 0.15) is 11.6 Å². The van der Waals surface area contributed by atoms with Crippen molar-refractivity contribution in [3.63, 3.8) is 0 Å². The Bertz CT molecular complexity index is 994. The van der Waals surface area contributed by atoms with Crippen molar-refractivity contribution in [1.82, 2.24) is 19.4 Å². The Morgan fingerprint density at radius 3 is 2.53 bits per heavy atom. The molecule has 2 heterocycles. The largest absolute Gasteiger partial charge is 0.484 e. The zero-order chi connectivity index (χ0) is 20.9. The topological polar surface area (TPSA) is 62.6 Å². The van der Waals surface area contributed by atoms with Gasteiger partial charge in [-0.05, 0) is 36.9 Å². The van der Waals surface area contributed by atoms with E-state index in [1.807, 2.05) is 48.5 Å². The molecule has 1 N–H and O–H groups in total. The number of nitrogens with one attached hydrogen (secondary N) is 1. The van der Waals surface area contributed by atoms with Crippen molar-refractivity contribution in [2.24, 2.45) is 7.05 Å². The Morgan fingerprint density at radius 1 is 1.07 bits per heavy atom. The molecule has 0 radical (unpaired) electrons. The van der Waals surface area contributed by atoms with Crippen LogP contribution in [0.1, 0.15) is 12.7 Å². The summed E-state index contributed by atoms with van der Waals surface area (Å²) in [6.45, 7) is 8.51. The van der Waals surface area contributed by atoms with Crippen LogP contribution in [0, 0.1) is 0 Å². The molecule has 2 aromatic carbocycles. The van der Waals surface area contributed by atoms with Gasteiger partial charge in [0.05, 0.1) is 17.6 Å². The minimum Gasteiger partial charge on any atom is -0.484 e. The first-order valence-electron chi connectivity index (χ1n) is 10.5. The van der Waals surface area contributed by atoms with Gasteiger partial charge in [-0.2, -0.15) is 0 Å². The lowest BCUT2D eigenvalue weighted by Crippen LogP contribution is -2.45. The van der Waals surface area contributed by atoms with E-state index in [-0.39, 0.29) is 12.5 Å². The number of benzene rings is 2. The molecule has 1 aliphatic heterocycles. The summed E-state index contributed by atoms with van der Waals surface area (Å²) < 4.78 is 7.65. The van der Waals surface area contributed by atoms with Crippen LogP contribution in [0.2, 0.25) is 0 Å². The van der Waals surface area contributed by atoms with Crippen LogP contribution < -0.4 is 10.1 Å². The summed E-state index contributed by atoms with van der Waals surface area (Å²) in [4.78, 5) is 22.0. The number of hydrogen-bond donors (Lipinski definition) is 1. The molecule has 158 valence electrons. The Hall–Kier alpha value is -2.90. The predicted octanol–water partition coefficient (Wildman–Crippen LogP) is 2.73. The second-order valence-electron chi connectivity index (χ2n) is 7.65. The number of para-hydroxylation sites is 1. The highest BCUT2D eigenvalue weighted by Gasteiger charge is 2.18. The predicted molar refractivity (Wildman–Crippen MR) is 119 cm³/mol. The summed E-state index contributed by atoms with van der Waals surface area (Å²) in [5.41, 5.74) is 2.68. The fourth-order valence-corrected chi connectivity index (χ4v) is 3.80. The number of aryl methyl sites for hydroxylation is 1. The zero-order valence-corrected chi connectivity index (χ0v) is 17.7. The van der Waals surface area contributed by atoms with E-state index in [0.29, 0.717) is 5.75 Å². The van der Waals surface area contributed by atoms with E-state index in [1.54, 1.807) is 0 Å². The van der Waals surface area contributed by atoms with Crippen molar-refractivity contribution in [2.75, 3.05) is 44.6 Å².